The SMILES string of the molecule is Cc1cc(C)c(S(=O)(=O)O)c(C)c1.O=C1CCC(=O)N1O. The van der Waals surface area contributed by atoms with Crippen LogP contribution in [0.3, 0.4) is 0 Å². The average Bonchev–Trinajstić information content (AvgIpc) is 2.58. The fourth-order valence-electron chi connectivity index (χ4n) is 2.14. The summed E-state index contributed by atoms with van der Waals surface area (Å²) < 4.78 is 30.8. The maximum Gasteiger partial charge on any atom is 0.295 e. The number of rotatable bonds is 1. The number of carbonyl (C=O) groups is 2. The van der Waals surface area contributed by atoms with Crippen LogP contribution < -0.4 is 0 Å². The largest absolute Gasteiger partial charge is 0.295 e. The molecule has 21 heavy (non-hydrogen) atoms. The van der Waals surface area contributed by atoms with Gasteiger partial charge in [0.25, 0.3) is 21.9 Å². The van der Waals surface area contributed by atoms with E-state index in [-0.39, 0.29) is 22.8 Å². The van der Waals surface area contributed by atoms with E-state index >= 15 is 0 Å². The van der Waals surface area contributed by atoms with Crippen LogP contribution in [0, 0.1) is 20.8 Å². The van der Waals surface area contributed by atoms with E-state index in [2.05, 4.69) is 0 Å². The van der Waals surface area contributed by atoms with Crippen molar-refractivity contribution in [2.75, 3.05) is 0 Å². The molecule has 0 aliphatic carbocycles. The first kappa shape index (κ1) is 17.3. The monoisotopic (exact) mass is 315 g/mol. The van der Waals surface area contributed by atoms with Gasteiger partial charge in [-0.3, -0.25) is 19.3 Å². The highest BCUT2D eigenvalue weighted by atomic mass is 32.2. The minimum atomic E-state index is -4.08. The molecule has 1 aliphatic heterocycles. The summed E-state index contributed by atoms with van der Waals surface area (Å²) in [5.74, 6) is -1.01. The van der Waals surface area contributed by atoms with Crippen molar-refractivity contribution in [3.05, 3.63) is 28.8 Å². The molecule has 116 valence electrons. The van der Waals surface area contributed by atoms with Crippen LogP contribution in [-0.2, 0) is 19.7 Å². The Balaban J connectivity index is 0.000000235. The van der Waals surface area contributed by atoms with Gasteiger partial charge in [0.2, 0.25) is 0 Å². The van der Waals surface area contributed by atoms with Gasteiger partial charge in [0.15, 0.2) is 0 Å². The zero-order valence-corrected chi connectivity index (χ0v) is 12.8. The number of benzene rings is 1. The Hall–Kier alpha value is -1.77. The Morgan fingerprint density at radius 3 is 1.62 bits per heavy atom. The predicted molar refractivity (Wildman–Crippen MR) is 73.3 cm³/mol. The maximum atomic E-state index is 10.9. The molecule has 1 aromatic carbocycles. The Bertz CT molecular complexity index is 641. The van der Waals surface area contributed by atoms with Crippen LogP contribution in [0.25, 0.3) is 0 Å². The van der Waals surface area contributed by atoms with Crippen molar-refractivity contribution < 1.29 is 27.8 Å². The van der Waals surface area contributed by atoms with Crippen LogP contribution in [0.5, 0.6) is 0 Å². The highest BCUT2D eigenvalue weighted by molar-refractivity contribution is 7.86. The quantitative estimate of drug-likeness (QED) is 0.460. The van der Waals surface area contributed by atoms with Crippen LogP contribution in [-0.4, -0.2) is 35.1 Å². The molecule has 0 saturated carbocycles. The van der Waals surface area contributed by atoms with Gasteiger partial charge in [-0.2, -0.15) is 13.5 Å². The van der Waals surface area contributed by atoms with Gasteiger partial charge in [-0.05, 0) is 31.9 Å². The molecule has 8 heteroatoms. The van der Waals surface area contributed by atoms with Crippen LogP contribution in [0.4, 0.5) is 0 Å². The summed E-state index contributed by atoms with van der Waals surface area (Å²) in [6.07, 6.45) is 0.296. The molecule has 0 spiro atoms. The second kappa shape index (κ2) is 6.33. The lowest BCUT2D eigenvalue weighted by Gasteiger charge is -2.07. The number of nitrogens with zero attached hydrogens (tertiary/aromatic N) is 1. The number of carbonyl (C=O) groups excluding carboxylic acids is 2. The Morgan fingerprint density at radius 1 is 1.00 bits per heavy atom. The third kappa shape index (κ3) is 4.35. The van der Waals surface area contributed by atoms with E-state index in [4.69, 9.17) is 9.76 Å². The molecule has 1 saturated heterocycles. The summed E-state index contributed by atoms with van der Waals surface area (Å²) >= 11 is 0. The van der Waals surface area contributed by atoms with E-state index in [0.29, 0.717) is 11.1 Å². The number of hydrogen-bond acceptors (Lipinski definition) is 5. The van der Waals surface area contributed by atoms with Crippen molar-refractivity contribution >= 4 is 21.9 Å². The van der Waals surface area contributed by atoms with Crippen molar-refractivity contribution in [3.63, 3.8) is 0 Å². The summed E-state index contributed by atoms with van der Waals surface area (Å²) in [7, 11) is -4.08. The molecule has 2 N–H and O–H groups in total. The minimum Gasteiger partial charge on any atom is -0.282 e. The highest BCUT2D eigenvalue weighted by Gasteiger charge is 2.26. The Labute approximate surface area is 122 Å². The minimum absolute atomic E-state index is 0.0260. The molecule has 0 aromatic heterocycles. The first-order valence-electron chi connectivity index (χ1n) is 6.14. The highest BCUT2D eigenvalue weighted by Crippen LogP contribution is 2.20. The Kier molecular flexibility index (Phi) is 5.21. The van der Waals surface area contributed by atoms with Crippen molar-refractivity contribution in [2.45, 2.75) is 38.5 Å². The molecule has 0 unspecified atom stereocenters. The average molecular weight is 315 g/mol. The summed E-state index contributed by atoms with van der Waals surface area (Å²) in [6.45, 7) is 5.22. The van der Waals surface area contributed by atoms with E-state index in [9.17, 15) is 18.0 Å². The fraction of sp³-hybridized carbons (Fsp3) is 0.385. The van der Waals surface area contributed by atoms with Gasteiger partial charge in [0.1, 0.15) is 0 Å². The van der Waals surface area contributed by atoms with Crippen LogP contribution in [0.2, 0.25) is 0 Å². The predicted octanol–water partition coefficient (Wildman–Crippen LogP) is 1.38. The van der Waals surface area contributed by atoms with Crippen molar-refractivity contribution in [1.82, 2.24) is 5.06 Å². The Morgan fingerprint density at radius 2 is 1.38 bits per heavy atom. The van der Waals surface area contributed by atoms with E-state index in [1.807, 2.05) is 6.92 Å². The van der Waals surface area contributed by atoms with E-state index in [1.54, 1.807) is 26.0 Å². The van der Waals surface area contributed by atoms with Gasteiger partial charge in [0.05, 0.1) is 4.90 Å². The van der Waals surface area contributed by atoms with Gasteiger partial charge in [-0.15, -0.1) is 0 Å². The third-order valence-corrected chi connectivity index (χ3v) is 4.05. The number of hydroxylamine groups is 2. The first-order valence-corrected chi connectivity index (χ1v) is 7.58. The summed E-state index contributed by atoms with van der Waals surface area (Å²) in [5, 5.41) is 8.57. The number of imide groups is 1. The lowest BCUT2D eigenvalue weighted by atomic mass is 10.1. The third-order valence-electron chi connectivity index (χ3n) is 2.89. The molecule has 7 nitrogen and oxygen atoms in total. The number of amides is 2. The first-order chi connectivity index (χ1) is 9.54. The molecule has 1 aliphatic rings. The maximum absolute atomic E-state index is 10.9. The van der Waals surface area contributed by atoms with Gasteiger partial charge in [-0.1, -0.05) is 17.7 Å². The van der Waals surface area contributed by atoms with Crippen molar-refractivity contribution in [1.29, 1.82) is 0 Å². The number of hydrogen-bond donors (Lipinski definition) is 2. The normalized spacial score (nSPS) is 15.0. The lowest BCUT2D eigenvalue weighted by Crippen LogP contribution is -2.24. The van der Waals surface area contributed by atoms with Gasteiger partial charge in [0, 0.05) is 12.8 Å². The van der Waals surface area contributed by atoms with Crippen LogP contribution in [0.15, 0.2) is 17.0 Å². The number of aryl methyl sites for hydroxylation is 3. The molecular weight excluding hydrogens is 298 g/mol. The summed E-state index contributed by atoms with van der Waals surface area (Å²) in [5.41, 5.74) is 2.16. The van der Waals surface area contributed by atoms with E-state index in [0.717, 1.165) is 5.56 Å². The summed E-state index contributed by atoms with van der Waals surface area (Å²) in [6, 6.07) is 3.46. The molecule has 2 amide bonds. The fourth-order valence-corrected chi connectivity index (χ4v) is 3.07. The second-order valence-electron chi connectivity index (χ2n) is 4.80. The van der Waals surface area contributed by atoms with E-state index < -0.39 is 21.9 Å². The second-order valence-corrected chi connectivity index (χ2v) is 6.16. The smallest absolute Gasteiger partial charge is 0.282 e. The van der Waals surface area contributed by atoms with Gasteiger partial charge < -0.3 is 0 Å². The lowest BCUT2D eigenvalue weighted by molar-refractivity contribution is -0.171. The molecule has 0 radical (unpaired) electrons. The summed E-state index contributed by atoms with van der Waals surface area (Å²) in [4.78, 5) is 20.5. The molecule has 2 rings (SSSR count). The van der Waals surface area contributed by atoms with Crippen LogP contribution >= 0.6 is 0 Å². The topological polar surface area (TPSA) is 112 Å². The molecule has 1 fully saturated rings. The standard InChI is InChI=1S/C9H12O3S.C4H5NO3/c1-6-4-7(2)9(8(3)5-6)13(10,11)12;6-3-1-2-4(7)5(3)8/h4-5H,1-3H3,(H,10,11,12);8H,1-2H2. The zero-order valence-electron chi connectivity index (χ0n) is 12.0. The van der Waals surface area contributed by atoms with Gasteiger partial charge >= 0.3 is 0 Å². The van der Waals surface area contributed by atoms with Crippen molar-refractivity contribution in [2.24, 2.45) is 0 Å². The molecular formula is C13H17NO6S. The zero-order chi connectivity index (χ0) is 16.4. The molecule has 1 aromatic rings. The van der Waals surface area contributed by atoms with Crippen molar-refractivity contribution in [3.8, 4) is 0 Å². The van der Waals surface area contributed by atoms with Gasteiger partial charge in [-0.25, -0.2) is 0 Å². The molecule has 0 bridgehead atoms. The molecule has 0 atom stereocenters. The van der Waals surface area contributed by atoms with Crippen LogP contribution in [0.1, 0.15) is 29.5 Å². The molecule has 1 heterocycles. The van der Waals surface area contributed by atoms with E-state index in [1.165, 1.54) is 0 Å².